The van der Waals surface area contributed by atoms with E-state index in [9.17, 15) is 9.59 Å². The summed E-state index contributed by atoms with van der Waals surface area (Å²) in [7, 11) is 0. The lowest BCUT2D eigenvalue weighted by atomic mass is 9.78. The minimum Gasteiger partial charge on any atom is -0.457 e. The molecule has 1 saturated heterocycles. The highest BCUT2D eigenvalue weighted by Gasteiger charge is 2.50. The van der Waals surface area contributed by atoms with Crippen molar-refractivity contribution in [3.63, 3.8) is 0 Å². The van der Waals surface area contributed by atoms with Crippen LogP contribution in [0.5, 0.6) is 11.5 Å². The van der Waals surface area contributed by atoms with Crippen LogP contribution in [-0.4, -0.2) is 11.8 Å². The van der Waals surface area contributed by atoms with E-state index in [1.165, 1.54) is 4.90 Å². The van der Waals surface area contributed by atoms with Gasteiger partial charge in [-0.3, -0.25) is 14.5 Å². The molecule has 1 aliphatic heterocycles. The minimum absolute atomic E-state index is 0.0923. The summed E-state index contributed by atoms with van der Waals surface area (Å²) in [6.07, 6.45) is 4.70. The Kier molecular flexibility index (Phi) is 4.34. The van der Waals surface area contributed by atoms with Gasteiger partial charge in [0.15, 0.2) is 0 Å². The first-order valence-corrected chi connectivity index (χ1v) is 9.36. The van der Waals surface area contributed by atoms with Crippen LogP contribution in [-0.2, 0) is 9.59 Å². The van der Waals surface area contributed by atoms with Crippen LogP contribution in [0.1, 0.15) is 24.5 Å². The lowest BCUT2D eigenvalue weighted by molar-refractivity contribution is -0.122. The van der Waals surface area contributed by atoms with Gasteiger partial charge in [-0.25, -0.2) is 0 Å². The molecule has 1 fully saturated rings. The minimum atomic E-state index is -0.243. The number of hydrogen-bond donors (Lipinski definition) is 0. The average Bonchev–Trinajstić information content (AvgIpc) is 2.91. The van der Waals surface area contributed by atoms with Crippen LogP contribution in [0.25, 0.3) is 0 Å². The molecule has 0 spiro atoms. The smallest absolute Gasteiger partial charge is 0.238 e. The van der Waals surface area contributed by atoms with Crippen molar-refractivity contribution < 1.29 is 14.3 Å². The van der Waals surface area contributed by atoms with Crippen molar-refractivity contribution in [2.45, 2.75) is 27.2 Å². The fraction of sp³-hybridized carbons (Fsp3) is 0.304. The summed E-state index contributed by atoms with van der Waals surface area (Å²) in [4.78, 5) is 27.0. The van der Waals surface area contributed by atoms with Crippen LogP contribution in [0, 0.1) is 31.6 Å². The monoisotopic (exact) mass is 361 g/mol. The van der Waals surface area contributed by atoms with E-state index in [0.29, 0.717) is 17.9 Å². The van der Waals surface area contributed by atoms with E-state index < -0.39 is 0 Å². The number of hydrogen-bond acceptors (Lipinski definition) is 3. The predicted molar refractivity (Wildman–Crippen MR) is 105 cm³/mol. The second-order valence-electron chi connectivity index (χ2n) is 7.48. The Balaban J connectivity index is 1.58. The SMILES string of the molecule is Cc1cccc(C)c1Oc1ccc(N2C(=O)[C@@H]3[C@@H](C)C=CC[C@H]3C2=O)cc1. The van der Waals surface area contributed by atoms with E-state index >= 15 is 0 Å². The molecule has 2 aliphatic rings. The Morgan fingerprint density at radius 3 is 2.26 bits per heavy atom. The molecule has 3 atom stereocenters. The summed E-state index contributed by atoms with van der Waals surface area (Å²) in [6.45, 7) is 6.02. The standard InChI is InChI=1S/C23H23NO3/c1-14-6-5-9-19-20(14)23(26)24(22(19)25)17-10-12-18(13-11-17)27-21-15(2)7-4-8-16(21)3/h4-8,10-14,19-20H,9H2,1-3H3/t14-,19+,20+/m0/s1. The normalized spacial score (nSPS) is 24.3. The number of anilines is 1. The third-order valence-corrected chi connectivity index (χ3v) is 5.60. The van der Waals surface area contributed by atoms with Gasteiger partial charge in [-0.15, -0.1) is 0 Å². The van der Waals surface area contributed by atoms with Crippen molar-refractivity contribution in [1.29, 1.82) is 0 Å². The number of allylic oxidation sites excluding steroid dienone is 2. The van der Waals surface area contributed by atoms with Crippen LogP contribution in [0.15, 0.2) is 54.6 Å². The van der Waals surface area contributed by atoms with E-state index in [-0.39, 0.29) is 29.6 Å². The molecule has 1 aliphatic carbocycles. The van der Waals surface area contributed by atoms with Gasteiger partial charge in [0.25, 0.3) is 0 Å². The summed E-state index contributed by atoms with van der Waals surface area (Å²) >= 11 is 0. The van der Waals surface area contributed by atoms with E-state index in [0.717, 1.165) is 16.9 Å². The van der Waals surface area contributed by atoms with Crippen molar-refractivity contribution in [2.75, 3.05) is 4.90 Å². The molecule has 0 aromatic heterocycles. The number of carbonyl (C=O) groups excluding carboxylic acids is 2. The molecular formula is C23H23NO3. The van der Waals surface area contributed by atoms with Gasteiger partial charge in [0.05, 0.1) is 17.5 Å². The van der Waals surface area contributed by atoms with Gasteiger partial charge in [-0.05, 0) is 61.6 Å². The highest BCUT2D eigenvalue weighted by Crippen LogP contribution is 2.41. The summed E-state index contributed by atoms with van der Waals surface area (Å²) in [5.41, 5.74) is 2.74. The molecule has 138 valence electrons. The third-order valence-electron chi connectivity index (χ3n) is 5.60. The summed E-state index contributed by atoms with van der Waals surface area (Å²) in [5.74, 6) is 0.954. The molecule has 0 N–H and O–H groups in total. The Bertz CT molecular complexity index is 909. The van der Waals surface area contributed by atoms with Crippen molar-refractivity contribution in [2.24, 2.45) is 17.8 Å². The molecule has 2 amide bonds. The number of benzene rings is 2. The number of carbonyl (C=O) groups is 2. The van der Waals surface area contributed by atoms with Gasteiger partial charge in [-0.2, -0.15) is 0 Å². The Labute approximate surface area is 159 Å². The average molecular weight is 361 g/mol. The zero-order chi connectivity index (χ0) is 19.1. The van der Waals surface area contributed by atoms with Crippen molar-refractivity contribution in [1.82, 2.24) is 0 Å². The van der Waals surface area contributed by atoms with Crippen LogP contribution >= 0.6 is 0 Å². The first kappa shape index (κ1) is 17.5. The quantitative estimate of drug-likeness (QED) is 0.583. The maximum absolute atomic E-state index is 12.9. The molecule has 4 nitrogen and oxygen atoms in total. The number of fused-ring (bicyclic) bond motifs is 1. The van der Waals surface area contributed by atoms with Crippen molar-refractivity contribution in [3.05, 3.63) is 65.7 Å². The Morgan fingerprint density at radius 2 is 1.63 bits per heavy atom. The zero-order valence-corrected chi connectivity index (χ0v) is 15.8. The molecule has 0 radical (unpaired) electrons. The molecular weight excluding hydrogens is 338 g/mol. The number of imide groups is 1. The number of amides is 2. The van der Waals surface area contributed by atoms with E-state index in [1.54, 1.807) is 12.1 Å². The van der Waals surface area contributed by atoms with Gasteiger partial charge in [0.1, 0.15) is 11.5 Å². The van der Waals surface area contributed by atoms with Crippen molar-refractivity contribution in [3.8, 4) is 11.5 Å². The maximum atomic E-state index is 12.9. The zero-order valence-electron chi connectivity index (χ0n) is 15.8. The second-order valence-corrected chi connectivity index (χ2v) is 7.48. The van der Waals surface area contributed by atoms with E-state index in [4.69, 9.17) is 4.74 Å². The van der Waals surface area contributed by atoms with Gasteiger partial charge in [-0.1, -0.05) is 37.3 Å². The van der Waals surface area contributed by atoms with E-state index in [2.05, 4.69) is 0 Å². The number of aryl methyl sites for hydroxylation is 2. The predicted octanol–water partition coefficient (Wildman–Crippen LogP) is 4.80. The number of nitrogens with zero attached hydrogens (tertiary/aromatic N) is 1. The first-order chi connectivity index (χ1) is 13.0. The lowest BCUT2D eigenvalue weighted by Gasteiger charge is -2.22. The Hall–Kier alpha value is -2.88. The molecule has 1 heterocycles. The highest BCUT2D eigenvalue weighted by atomic mass is 16.5. The molecule has 4 heteroatoms. The van der Waals surface area contributed by atoms with E-state index in [1.807, 2.05) is 63.3 Å². The lowest BCUT2D eigenvalue weighted by Crippen LogP contribution is -2.31. The number of ether oxygens (including phenoxy) is 1. The molecule has 2 aromatic carbocycles. The first-order valence-electron chi connectivity index (χ1n) is 9.36. The van der Waals surface area contributed by atoms with Gasteiger partial charge < -0.3 is 4.74 Å². The van der Waals surface area contributed by atoms with Crippen molar-refractivity contribution >= 4 is 17.5 Å². The number of rotatable bonds is 3. The molecule has 0 bridgehead atoms. The molecule has 27 heavy (non-hydrogen) atoms. The number of para-hydroxylation sites is 1. The van der Waals surface area contributed by atoms with Gasteiger partial charge in [0.2, 0.25) is 11.8 Å². The summed E-state index contributed by atoms with van der Waals surface area (Å²) in [6, 6.07) is 13.2. The molecule has 0 unspecified atom stereocenters. The third kappa shape index (κ3) is 2.95. The fourth-order valence-electron chi connectivity index (χ4n) is 4.14. The molecule has 2 aromatic rings. The highest BCUT2D eigenvalue weighted by molar-refractivity contribution is 6.22. The summed E-state index contributed by atoms with van der Waals surface area (Å²) < 4.78 is 6.02. The molecule has 4 rings (SSSR count). The van der Waals surface area contributed by atoms with Gasteiger partial charge >= 0.3 is 0 Å². The second kappa shape index (κ2) is 6.69. The van der Waals surface area contributed by atoms with Crippen LogP contribution < -0.4 is 9.64 Å². The fourth-order valence-corrected chi connectivity index (χ4v) is 4.14. The topological polar surface area (TPSA) is 46.6 Å². The largest absolute Gasteiger partial charge is 0.457 e. The van der Waals surface area contributed by atoms with Gasteiger partial charge in [0, 0.05) is 0 Å². The summed E-state index contributed by atoms with van der Waals surface area (Å²) in [5, 5.41) is 0. The Morgan fingerprint density at radius 1 is 0.963 bits per heavy atom. The van der Waals surface area contributed by atoms with Crippen LogP contribution in [0.4, 0.5) is 5.69 Å². The molecule has 0 saturated carbocycles. The van der Waals surface area contributed by atoms with Crippen LogP contribution in [0.2, 0.25) is 0 Å². The van der Waals surface area contributed by atoms with Crippen LogP contribution in [0.3, 0.4) is 0 Å². The maximum Gasteiger partial charge on any atom is 0.238 e.